The Balaban J connectivity index is 1.49. The van der Waals surface area contributed by atoms with Gasteiger partial charge in [0.25, 0.3) is 5.91 Å². The van der Waals surface area contributed by atoms with Gasteiger partial charge in [-0.2, -0.15) is 0 Å². The molecule has 0 unspecified atom stereocenters. The van der Waals surface area contributed by atoms with E-state index in [4.69, 9.17) is 9.25 Å². The molecule has 1 aliphatic heterocycles. The number of oxime groups is 1. The number of nitrogens with zero attached hydrogens (tertiary/aromatic N) is 2. The van der Waals surface area contributed by atoms with E-state index in [1.165, 1.54) is 18.4 Å². The molecule has 1 aromatic heterocycles. The Hall–Kier alpha value is -3.41. The van der Waals surface area contributed by atoms with Gasteiger partial charge in [0, 0.05) is 13.0 Å². The van der Waals surface area contributed by atoms with Crippen molar-refractivity contribution in [1.29, 1.82) is 0 Å². The second-order valence-electron chi connectivity index (χ2n) is 6.63. The maximum absolute atomic E-state index is 13.6. The largest absolute Gasteiger partial charge is 0.459 e. The summed E-state index contributed by atoms with van der Waals surface area (Å²) in [7, 11) is 0. The van der Waals surface area contributed by atoms with E-state index in [1.807, 2.05) is 30.3 Å². The van der Waals surface area contributed by atoms with Gasteiger partial charge in [-0.05, 0) is 35.4 Å². The predicted molar refractivity (Wildman–Crippen MR) is 102 cm³/mol. The van der Waals surface area contributed by atoms with E-state index in [1.54, 1.807) is 29.2 Å². The summed E-state index contributed by atoms with van der Waals surface area (Å²) in [6.07, 6.45) is 1.77. The van der Waals surface area contributed by atoms with Crippen LogP contribution in [0.15, 0.2) is 82.6 Å². The first-order valence-electron chi connectivity index (χ1n) is 9.04. The molecule has 2 aromatic carbocycles. The molecular formula is C22H19FN2O3. The molecule has 28 heavy (non-hydrogen) atoms. The van der Waals surface area contributed by atoms with E-state index in [-0.39, 0.29) is 30.1 Å². The summed E-state index contributed by atoms with van der Waals surface area (Å²) in [6.45, 7) is 0.563. The Bertz CT molecular complexity index is 970. The first-order valence-corrected chi connectivity index (χ1v) is 9.04. The van der Waals surface area contributed by atoms with E-state index < -0.39 is 0 Å². The van der Waals surface area contributed by atoms with Gasteiger partial charge in [0.05, 0.1) is 18.5 Å². The molecule has 0 saturated heterocycles. The third-order valence-electron chi connectivity index (χ3n) is 4.55. The molecule has 3 aromatic rings. The Labute approximate surface area is 162 Å². The van der Waals surface area contributed by atoms with E-state index in [9.17, 15) is 9.18 Å². The number of carbonyl (C=O) groups excluding carboxylic acids is 1. The van der Waals surface area contributed by atoms with Gasteiger partial charge in [0.1, 0.15) is 5.82 Å². The molecule has 0 N–H and O–H groups in total. The quantitative estimate of drug-likeness (QED) is 0.644. The third-order valence-corrected chi connectivity index (χ3v) is 4.55. The number of benzene rings is 2. The molecule has 1 amide bonds. The second kappa shape index (κ2) is 8.08. The fraction of sp³-hybridized carbons (Fsp3) is 0.182. The highest BCUT2D eigenvalue weighted by molar-refractivity contribution is 6.01. The molecule has 0 saturated carbocycles. The zero-order chi connectivity index (χ0) is 19.3. The number of furan rings is 1. The molecule has 2 heterocycles. The fourth-order valence-electron chi connectivity index (χ4n) is 3.20. The smallest absolute Gasteiger partial charge is 0.289 e. The number of hydrogen-bond donors (Lipinski definition) is 0. The molecule has 0 radical (unpaired) electrons. The topological polar surface area (TPSA) is 55.0 Å². The molecule has 0 aliphatic carbocycles. The molecule has 0 fully saturated rings. The minimum Gasteiger partial charge on any atom is -0.459 e. The van der Waals surface area contributed by atoms with Crippen molar-refractivity contribution in [3.63, 3.8) is 0 Å². The molecule has 0 bridgehead atoms. The van der Waals surface area contributed by atoms with Crippen LogP contribution in [0, 0.1) is 5.82 Å². The van der Waals surface area contributed by atoms with Crippen molar-refractivity contribution < 1.29 is 18.4 Å². The molecule has 5 nitrogen and oxygen atoms in total. The minimum absolute atomic E-state index is 0.235. The lowest BCUT2D eigenvalue weighted by atomic mass is 10.0. The van der Waals surface area contributed by atoms with Crippen molar-refractivity contribution in [3.8, 4) is 0 Å². The first kappa shape index (κ1) is 18.0. The first-order chi connectivity index (χ1) is 13.7. The van der Waals surface area contributed by atoms with Gasteiger partial charge in [-0.1, -0.05) is 47.6 Å². The van der Waals surface area contributed by atoms with Crippen LogP contribution in [-0.2, 0) is 11.4 Å². The SMILES string of the molecule is O=C(c1ccco1)N(Cc1cccc(F)c1)C[C@H]1CC(c2ccccc2)=NO1. The summed E-state index contributed by atoms with van der Waals surface area (Å²) in [4.78, 5) is 20.0. The van der Waals surface area contributed by atoms with Gasteiger partial charge in [-0.25, -0.2) is 4.39 Å². The minimum atomic E-state index is -0.338. The Kier molecular flexibility index (Phi) is 5.19. The number of amides is 1. The Morgan fingerprint density at radius 2 is 1.96 bits per heavy atom. The van der Waals surface area contributed by atoms with Gasteiger partial charge in [0.15, 0.2) is 11.9 Å². The lowest BCUT2D eigenvalue weighted by Gasteiger charge is -2.24. The Morgan fingerprint density at radius 3 is 2.71 bits per heavy atom. The molecule has 0 spiro atoms. The average molecular weight is 378 g/mol. The van der Waals surface area contributed by atoms with Crippen molar-refractivity contribution >= 4 is 11.6 Å². The van der Waals surface area contributed by atoms with Crippen molar-refractivity contribution in [2.45, 2.75) is 19.1 Å². The van der Waals surface area contributed by atoms with Gasteiger partial charge in [0.2, 0.25) is 0 Å². The standard InChI is InChI=1S/C22H19FN2O3/c23-18-9-4-6-16(12-18)14-25(22(26)21-10-5-11-27-21)15-19-13-20(24-28-19)17-7-2-1-3-8-17/h1-12,19H,13-15H2/t19-/m1/s1. The summed E-state index contributed by atoms with van der Waals surface area (Å²) in [5, 5.41) is 4.18. The van der Waals surface area contributed by atoms with E-state index in [2.05, 4.69) is 5.16 Å². The zero-order valence-electron chi connectivity index (χ0n) is 15.1. The van der Waals surface area contributed by atoms with Gasteiger partial charge >= 0.3 is 0 Å². The highest BCUT2D eigenvalue weighted by Gasteiger charge is 2.28. The van der Waals surface area contributed by atoms with Gasteiger partial charge in [-0.15, -0.1) is 0 Å². The maximum Gasteiger partial charge on any atom is 0.289 e. The van der Waals surface area contributed by atoms with Crippen LogP contribution >= 0.6 is 0 Å². The maximum atomic E-state index is 13.6. The van der Waals surface area contributed by atoms with Crippen LogP contribution in [0.5, 0.6) is 0 Å². The average Bonchev–Trinajstić information content (AvgIpc) is 3.40. The van der Waals surface area contributed by atoms with Gasteiger partial charge in [-0.3, -0.25) is 4.79 Å². The van der Waals surface area contributed by atoms with E-state index in [0.717, 1.165) is 11.3 Å². The van der Waals surface area contributed by atoms with Crippen molar-refractivity contribution in [2.24, 2.45) is 5.16 Å². The Morgan fingerprint density at radius 1 is 1.11 bits per heavy atom. The second-order valence-corrected chi connectivity index (χ2v) is 6.63. The number of carbonyl (C=O) groups is 1. The summed E-state index contributed by atoms with van der Waals surface area (Å²) in [5.41, 5.74) is 2.54. The lowest BCUT2D eigenvalue weighted by Crippen LogP contribution is -2.37. The van der Waals surface area contributed by atoms with Crippen LogP contribution in [0.3, 0.4) is 0 Å². The summed E-state index contributed by atoms with van der Waals surface area (Å²) < 4.78 is 18.8. The summed E-state index contributed by atoms with van der Waals surface area (Å²) in [5.74, 6) is -0.376. The molecular weight excluding hydrogens is 359 g/mol. The number of halogens is 1. The van der Waals surface area contributed by atoms with Crippen molar-refractivity contribution in [3.05, 3.63) is 95.7 Å². The van der Waals surface area contributed by atoms with E-state index >= 15 is 0 Å². The molecule has 6 heteroatoms. The van der Waals surface area contributed by atoms with E-state index in [0.29, 0.717) is 18.5 Å². The van der Waals surface area contributed by atoms with Crippen LogP contribution < -0.4 is 0 Å². The van der Waals surface area contributed by atoms with Crippen LogP contribution in [0.4, 0.5) is 4.39 Å². The van der Waals surface area contributed by atoms with Crippen LogP contribution in [0.25, 0.3) is 0 Å². The van der Waals surface area contributed by atoms with Gasteiger partial charge < -0.3 is 14.2 Å². The monoisotopic (exact) mass is 378 g/mol. The van der Waals surface area contributed by atoms with Crippen LogP contribution in [-0.4, -0.2) is 29.2 Å². The van der Waals surface area contributed by atoms with Crippen molar-refractivity contribution in [2.75, 3.05) is 6.54 Å². The predicted octanol–water partition coefficient (Wildman–Crippen LogP) is 4.25. The van der Waals surface area contributed by atoms with Crippen LogP contribution in [0.1, 0.15) is 28.1 Å². The molecule has 1 aliphatic rings. The summed E-state index contributed by atoms with van der Waals surface area (Å²) >= 11 is 0. The number of hydrogen-bond acceptors (Lipinski definition) is 4. The zero-order valence-corrected chi connectivity index (χ0v) is 15.1. The van der Waals surface area contributed by atoms with Crippen molar-refractivity contribution in [1.82, 2.24) is 4.90 Å². The summed E-state index contributed by atoms with van der Waals surface area (Å²) in [6, 6.07) is 19.3. The highest BCUT2D eigenvalue weighted by atomic mass is 19.1. The third kappa shape index (κ3) is 4.11. The van der Waals surface area contributed by atoms with Crippen LogP contribution in [0.2, 0.25) is 0 Å². The lowest BCUT2D eigenvalue weighted by molar-refractivity contribution is 0.0387. The fourth-order valence-corrected chi connectivity index (χ4v) is 3.20. The highest BCUT2D eigenvalue weighted by Crippen LogP contribution is 2.20. The molecule has 4 rings (SSSR count). The molecule has 1 atom stereocenters. The molecule has 142 valence electrons. The normalized spacial score (nSPS) is 15.8. The number of rotatable bonds is 6.